The number of halogens is 1. The van der Waals surface area contributed by atoms with Crippen LogP contribution < -0.4 is 5.46 Å². The Morgan fingerprint density at radius 2 is 1.78 bits per heavy atom. The quantitative estimate of drug-likeness (QED) is 0.523. The van der Waals surface area contributed by atoms with Crippen LogP contribution in [0.25, 0.3) is 0 Å². The predicted molar refractivity (Wildman–Crippen MR) is 34.0 cm³/mol. The van der Waals surface area contributed by atoms with Gasteiger partial charge in [0, 0.05) is 0 Å². The highest BCUT2D eigenvalue weighted by molar-refractivity contribution is 6.45. The van der Waals surface area contributed by atoms with Gasteiger partial charge in [-0.25, -0.2) is 4.39 Å². The number of hydrogen-bond donors (Lipinski definition) is 1. The van der Waals surface area contributed by atoms with Gasteiger partial charge in [-0.2, -0.15) is 0 Å². The molecule has 0 amide bonds. The first-order chi connectivity index (χ1) is 4.33. The van der Waals surface area contributed by atoms with E-state index in [0.29, 0.717) is 5.46 Å². The van der Waals surface area contributed by atoms with Crippen LogP contribution in [0, 0.1) is 5.82 Å². The van der Waals surface area contributed by atoms with Crippen molar-refractivity contribution in [1.82, 2.24) is 0 Å². The summed E-state index contributed by atoms with van der Waals surface area (Å²) in [4.78, 5) is 0. The molecule has 0 aromatic heterocycles. The van der Waals surface area contributed by atoms with Crippen LogP contribution in [0.1, 0.15) is 0 Å². The maximum atomic E-state index is 12.1. The molecule has 0 bridgehead atoms. The summed E-state index contributed by atoms with van der Waals surface area (Å²) in [5.74, 6) is -0.291. The molecule has 0 aliphatic rings. The molecule has 0 fully saturated rings. The molecule has 1 rings (SSSR count). The molecule has 0 unspecified atom stereocenters. The van der Waals surface area contributed by atoms with Crippen molar-refractivity contribution in [3.63, 3.8) is 0 Å². The maximum Gasteiger partial charge on any atom is 0.326 e. The Morgan fingerprint density at radius 3 is 2.22 bits per heavy atom. The minimum absolute atomic E-state index is 0.291. The molecule has 0 aliphatic carbocycles. The SMILES string of the molecule is O[B]c1ccc(F)cc1. The molecule has 1 aromatic rings. The third-order valence-corrected chi connectivity index (χ3v) is 1.02. The van der Waals surface area contributed by atoms with Gasteiger partial charge in [0.1, 0.15) is 5.82 Å². The van der Waals surface area contributed by atoms with Crippen LogP contribution in [0.5, 0.6) is 0 Å². The molecule has 45 valence electrons. The van der Waals surface area contributed by atoms with Gasteiger partial charge in [0.15, 0.2) is 0 Å². The zero-order valence-electron chi connectivity index (χ0n) is 4.71. The third-order valence-electron chi connectivity index (χ3n) is 1.02. The second-order valence-corrected chi connectivity index (χ2v) is 1.68. The molecule has 1 radical (unpaired) electrons. The van der Waals surface area contributed by atoms with Crippen molar-refractivity contribution in [1.29, 1.82) is 0 Å². The second kappa shape index (κ2) is 2.64. The van der Waals surface area contributed by atoms with Gasteiger partial charge in [-0.15, -0.1) is 0 Å². The van der Waals surface area contributed by atoms with E-state index in [1.54, 1.807) is 0 Å². The molecule has 1 nitrogen and oxygen atoms in total. The molecule has 0 saturated carbocycles. The summed E-state index contributed by atoms with van der Waals surface area (Å²) in [6.45, 7) is 0. The minimum Gasteiger partial charge on any atom is -0.450 e. The standard InChI is InChI=1S/C6H5BFO/c8-6-3-1-5(7-9)2-4-6/h1-4,9H. The van der Waals surface area contributed by atoms with Gasteiger partial charge in [-0.1, -0.05) is 17.6 Å². The maximum absolute atomic E-state index is 12.1. The highest BCUT2D eigenvalue weighted by atomic mass is 19.1. The molecular weight excluding hydrogens is 118 g/mol. The van der Waals surface area contributed by atoms with Crippen molar-refractivity contribution in [2.24, 2.45) is 0 Å². The second-order valence-electron chi connectivity index (χ2n) is 1.68. The van der Waals surface area contributed by atoms with Crippen LogP contribution in [-0.4, -0.2) is 12.5 Å². The summed E-state index contributed by atoms with van der Waals surface area (Å²) in [6, 6.07) is 5.58. The van der Waals surface area contributed by atoms with E-state index in [1.165, 1.54) is 24.3 Å². The van der Waals surface area contributed by atoms with Gasteiger partial charge in [0.25, 0.3) is 0 Å². The van der Waals surface area contributed by atoms with E-state index in [1.807, 2.05) is 0 Å². The lowest BCUT2D eigenvalue weighted by Crippen LogP contribution is -2.11. The zero-order chi connectivity index (χ0) is 6.69. The first kappa shape index (κ1) is 6.30. The van der Waals surface area contributed by atoms with Gasteiger partial charge in [-0.05, 0) is 12.1 Å². The topological polar surface area (TPSA) is 20.2 Å². The van der Waals surface area contributed by atoms with E-state index in [0.717, 1.165) is 7.48 Å². The van der Waals surface area contributed by atoms with E-state index in [-0.39, 0.29) is 5.82 Å². The fraction of sp³-hybridized carbons (Fsp3) is 0. The Bertz CT molecular complexity index is 185. The fourth-order valence-corrected chi connectivity index (χ4v) is 0.549. The smallest absolute Gasteiger partial charge is 0.326 e. The van der Waals surface area contributed by atoms with E-state index in [2.05, 4.69) is 0 Å². The molecular formula is C6H5BFO. The van der Waals surface area contributed by atoms with E-state index in [9.17, 15) is 4.39 Å². The first-order valence-electron chi connectivity index (χ1n) is 2.56. The summed E-state index contributed by atoms with van der Waals surface area (Å²) < 4.78 is 12.1. The van der Waals surface area contributed by atoms with Gasteiger partial charge < -0.3 is 5.02 Å². The molecule has 0 saturated heterocycles. The van der Waals surface area contributed by atoms with Crippen molar-refractivity contribution >= 4 is 12.9 Å². The lowest BCUT2D eigenvalue weighted by molar-refractivity contribution is 0.614. The lowest BCUT2D eigenvalue weighted by atomic mass is 9.89. The summed E-state index contributed by atoms with van der Waals surface area (Å²) in [5, 5.41) is 8.38. The molecule has 0 aliphatic heterocycles. The Balaban J connectivity index is 2.88. The van der Waals surface area contributed by atoms with Crippen molar-refractivity contribution < 1.29 is 9.41 Å². The Labute approximate surface area is 53.4 Å². The highest BCUT2D eigenvalue weighted by Crippen LogP contribution is 1.90. The largest absolute Gasteiger partial charge is 0.450 e. The summed E-state index contributed by atoms with van der Waals surface area (Å²) in [5.41, 5.74) is 0.608. The predicted octanol–water partition coefficient (Wildman–Crippen LogP) is 0.0625. The van der Waals surface area contributed by atoms with E-state index >= 15 is 0 Å². The van der Waals surface area contributed by atoms with Gasteiger partial charge >= 0.3 is 7.48 Å². The fourth-order valence-electron chi connectivity index (χ4n) is 0.549. The van der Waals surface area contributed by atoms with Crippen LogP contribution in [0.15, 0.2) is 24.3 Å². The molecule has 1 aromatic carbocycles. The van der Waals surface area contributed by atoms with Crippen LogP contribution in [0.4, 0.5) is 4.39 Å². The van der Waals surface area contributed by atoms with Crippen LogP contribution in [0.3, 0.4) is 0 Å². The summed E-state index contributed by atoms with van der Waals surface area (Å²) in [6.07, 6.45) is 0. The van der Waals surface area contributed by atoms with E-state index < -0.39 is 0 Å². The average molecular weight is 123 g/mol. The van der Waals surface area contributed by atoms with Gasteiger partial charge in [0.05, 0.1) is 0 Å². The van der Waals surface area contributed by atoms with Crippen molar-refractivity contribution in [3.8, 4) is 0 Å². The first-order valence-corrected chi connectivity index (χ1v) is 2.56. The van der Waals surface area contributed by atoms with Crippen LogP contribution in [0.2, 0.25) is 0 Å². The normalized spacial score (nSPS) is 9.11. The number of rotatable bonds is 1. The average Bonchev–Trinajstić information content (AvgIpc) is 1.90. The highest BCUT2D eigenvalue weighted by Gasteiger charge is 1.91. The monoisotopic (exact) mass is 123 g/mol. The van der Waals surface area contributed by atoms with E-state index in [4.69, 9.17) is 5.02 Å². The minimum atomic E-state index is -0.291. The van der Waals surface area contributed by atoms with Crippen molar-refractivity contribution in [3.05, 3.63) is 30.1 Å². The molecule has 0 atom stereocenters. The van der Waals surface area contributed by atoms with Gasteiger partial charge in [0.2, 0.25) is 0 Å². The Kier molecular flexibility index (Phi) is 1.85. The Hall–Kier alpha value is -0.825. The Morgan fingerprint density at radius 1 is 1.22 bits per heavy atom. The molecule has 3 heteroatoms. The molecule has 0 heterocycles. The van der Waals surface area contributed by atoms with Crippen LogP contribution >= 0.6 is 0 Å². The van der Waals surface area contributed by atoms with Crippen molar-refractivity contribution in [2.75, 3.05) is 0 Å². The van der Waals surface area contributed by atoms with Crippen molar-refractivity contribution in [2.45, 2.75) is 0 Å². The number of hydrogen-bond acceptors (Lipinski definition) is 1. The summed E-state index contributed by atoms with van der Waals surface area (Å²) in [7, 11) is 0.930. The lowest BCUT2D eigenvalue weighted by Gasteiger charge is -1.90. The van der Waals surface area contributed by atoms with Crippen LogP contribution in [-0.2, 0) is 0 Å². The molecule has 0 spiro atoms. The molecule has 9 heavy (non-hydrogen) atoms. The van der Waals surface area contributed by atoms with Gasteiger partial charge in [-0.3, -0.25) is 0 Å². The summed E-state index contributed by atoms with van der Waals surface area (Å²) >= 11 is 0. The third kappa shape index (κ3) is 1.54. The number of benzene rings is 1. The zero-order valence-corrected chi connectivity index (χ0v) is 4.71. The molecule has 1 N–H and O–H groups in total.